The summed E-state index contributed by atoms with van der Waals surface area (Å²) in [5.74, 6) is 1.78. The molecule has 1 aromatic rings. The number of rotatable bonds is 8. The van der Waals surface area contributed by atoms with Crippen LogP contribution >= 0.6 is 0 Å². The fourth-order valence-corrected chi connectivity index (χ4v) is 1.90. The molecule has 18 heavy (non-hydrogen) atoms. The summed E-state index contributed by atoms with van der Waals surface area (Å²) >= 11 is 0. The first-order valence-corrected chi connectivity index (χ1v) is 6.99. The van der Waals surface area contributed by atoms with Gasteiger partial charge in [0.15, 0.2) is 0 Å². The van der Waals surface area contributed by atoms with Crippen LogP contribution in [0.15, 0.2) is 6.20 Å². The van der Waals surface area contributed by atoms with Crippen molar-refractivity contribution in [3.63, 3.8) is 0 Å². The van der Waals surface area contributed by atoms with E-state index in [0.717, 1.165) is 24.5 Å². The highest BCUT2D eigenvalue weighted by atomic mass is 15.2. The Bertz CT molecular complexity index is 344. The van der Waals surface area contributed by atoms with Crippen LogP contribution in [0.4, 0.5) is 11.8 Å². The maximum Gasteiger partial charge on any atom is 0.224 e. The lowest BCUT2D eigenvalue weighted by Gasteiger charge is -2.25. The Morgan fingerprint density at radius 2 is 1.78 bits per heavy atom. The molecule has 1 heterocycles. The van der Waals surface area contributed by atoms with Gasteiger partial charge in [-0.2, -0.15) is 4.98 Å². The zero-order valence-electron chi connectivity index (χ0n) is 12.2. The van der Waals surface area contributed by atoms with Crippen molar-refractivity contribution in [3.05, 3.63) is 11.8 Å². The van der Waals surface area contributed by atoms with E-state index in [0.29, 0.717) is 5.95 Å². The molecule has 4 nitrogen and oxygen atoms in total. The van der Waals surface area contributed by atoms with Crippen LogP contribution in [0.1, 0.15) is 45.1 Å². The Labute approximate surface area is 111 Å². The Morgan fingerprint density at radius 3 is 2.28 bits per heavy atom. The van der Waals surface area contributed by atoms with Gasteiger partial charge in [0.2, 0.25) is 5.95 Å². The molecule has 1 rings (SSSR count). The summed E-state index contributed by atoms with van der Waals surface area (Å²) in [6, 6.07) is 0. The molecule has 0 atom stereocenters. The van der Waals surface area contributed by atoms with E-state index in [-0.39, 0.29) is 0 Å². The lowest BCUT2D eigenvalue weighted by Crippen LogP contribution is -2.27. The van der Waals surface area contributed by atoms with E-state index in [4.69, 9.17) is 0 Å². The molecule has 0 saturated carbocycles. The minimum atomic E-state index is 0.702. The molecule has 0 aromatic carbocycles. The second-order valence-electron chi connectivity index (χ2n) is 4.64. The first-order chi connectivity index (χ1) is 8.72. The molecule has 1 N–H and O–H groups in total. The lowest BCUT2D eigenvalue weighted by molar-refractivity contribution is 0.669. The number of anilines is 2. The molecule has 0 unspecified atom stereocenters. The summed E-state index contributed by atoms with van der Waals surface area (Å²) < 4.78 is 0. The van der Waals surface area contributed by atoms with Gasteiger partial charge in [0.25, 0.3) is 0 Å². The molecule has 0 fully saturated rings. The largest absolute Gasteiger partial charge is 0.357 e. The minimum absolute atomic E-state index is 0.702. The van der Waals surface area contributed by atoms with Crippen molar-refractivity contribution < 1.29 is 0 Å². The van der Waals surface area contributed by atoms with Crippen LogP contribution in [0.2, 0.25) is 0 Å². The molecule has 1 aromatic heterocycles. The van der Waals surface area contributed by atoms with E-state index >= 15 is 0 Å². The van der Waals surface area contributed by atoms with Crippen LogP contribution < -0.4 is 10.2 Å². The highest BCUT2D eigenvalue weighted by Gasteiger charge is 2.11. The molecular weight excluding hydrogens is 224 g/mol. The molecule has 0 radical (unpaired) electrons. The normalized spacial score (nSPS) is 10.4. The third-order valence-electron chi connectivity index (χ3n) is 3.03. The molecule has 0 aliphatic carbocycles. The standard InChI is InChI=1S/C14H26N4/c1-5-7-9-18(10-8-6-2)13-12(3)11-16-14(15-4)17-13/h11H,5-10H2,1-4H3,(H,15,16,17). The average molecular weight is 250 g/mol. The molecular formula is C14H26N4. The highest BCUT2D eigenvalue weighted by Crippen LogP contribution is 2.19. The molecule has 0 amide bonds. The van der Waals surface area contributed by atoms with Crippen LogP contribution in [0, 0.1) is 6.92 Å². The van der Waals surface area contributed by atoms with E-state index in [9.17, 15) is 0 Å². The zero-order chi connectivity index (χ0) is 13.4. The van der Waals surface area contributed by atoms with Gasteiger partial charge in [-0.05, 0) is 19.8 Å². The second-order valence-corrected chi connectivity index (χ2v) is 4.64. The summed E-state index contributed by atoms with van der Waals surface area (Å²) in [5, 5.41) is 3.01. The fourth-order valence-electron chi connectivity index (χ4n) is 1.90. The van der Waals surface area contributed by atoms with Gasteiger partial charge >= 0.3 is 0 Å². The van der Waals surface area contributed by atoms with Crippen molar-refractivity contribution >= 4 is 11.8 Å². The number of nitrogens with zero attached hydrogens (tertiary/aromatic N) is 3. The number of hydrogen-bond donors (Lipinski definition) is 1. The van der Waals surface area contributed by atoms with Gasteiger partial charge in [-0.3, -0.25) is 0 Å². The first kappa shape index (κ1) is 14.7. The van der Waals surface area contributed by atoms with Crippen molar-refractivity contribution in [2.75, 3.05) is 30.4 Å². The van der Waals surface area contributed by atoms with Crippen molar-refractivity contribution in [3.8, 4) is 0 Å². The van der Waals surface area contributed by atoms with Crippen molar-refractivity contribution in [2.45, 2.75) is 46.5 Å². The van der Waals surface area contributed by atoms with Crippen molar-refractivity contribution in [1.82, 2.24) is 9.97 Å². The third-order valence-corrected chi connectivity index (χ3v) is 3.03. The van der Waals surface area contributed by atoms with Crippen LogP contribution in [0.5, 0.6) is 0 Å². The Morgan fingerprint density at radius 1 is 1.17 bits per heavy atom. The Balaban J connectivity index is 2.87. The number of hydrogen-bond acceptors (Lipinski definition) is 4. The predicted molar refractivity (Wildman–Crippen MR) is 78.3 cm³/mol. The number of nitrogens with one attached hydrogen (secondary N) is 1. The summed E-state index contributed by atoms with van der Waals surface area (Å²) in [4.78, 5) is 11.2. The zero-order valence-corrected chi connectivity index (χ0v) is 12.2. The van der Waals surface area contributed by atoms with Crippen molar-refractivity contribution in [1.29, 1.82) is 0 Å². The third kappa shape index (κ3) is 4.17. The van der Waals surface area contributed by atoms with E-state index in [1.54, 1.807) is 0 Å². The van der Waals surface area contributed by atoms with Gasteiger partial charge < -0.3 is 10.2 Å². The molecule has 0 aliphatic rings. The molecule has 0 bridgehead atoms. The smallest absolute Gasteiger partial charge is 0.224 e. The van der Waals surface area contributed by atoms with Gasteiger partial charge in [-0.1, -0.05) is 26.7 Å². The Hall–Kier alpha value is -1.32. The molecule has 102 valence electrons. The number of unbranched alkanes of at least 4 members (excludes halogenated alkanes) is 2. The fraction of sp³-hybridized carbons (Fsp3) is 0.714. The SMILES string of the molecule is CCCCN(CCCC)c1nc(NC)ncc1C. The van der Waals surface area contributed by atoms with Gasteiger partial charge in [0.1, 0.15) is 5.82 Å². The van der Waals surface area contributed by atoms with Gasteiger partial charge in [-0.15, -0.1) is 0 Å². The summed E-state index contributed by atoms with van der Waals surface area (Å²) in [5.41, 5.74) is 1.15. The molecule has 4 heteroatoms. The van der Waals surface area contributed by atoms with Crippen LogP contribution in [-0.4, -0.2) is 30.1 Å². The van der Waals surface area contributed by atoms with E-state index in [1.807, 2.05) is 13.2 Å². The highest BCUT2D eigenvalue weighted by molar-refractivity contribution is 5.48. The van der Waals surface area contributed by atoms with Gasteiger partial charge in [-0.25, -0.2) is 4.98 Å². The molecule has 0 saturated heterocycles. The first-order valence-electron chi connectivity index (χ1n) is 6.99. The average Bonchev–Trinajstić information content (AvgIpc) is 2.40. The van der Waals surface area contributed by atoms with Gasteiger partial charge in [0, 0.05) is 31.9 Å². The quantitative estimate of drug-likeness (QED) is 0.769. The van der Waals surface area contributed by atoms with E-state index < -0.39 is 0 Å². The maximum absolute atomic E-state index is 4.60. The molecule has 0 spiro atoms. The predicted octanol–water partition coefficient (Wildman–Crippen LogP) is 3.23. The van der Waals surface area contributed by atoms with E-state index in [1.165, 1.54) is 25.7 Å². The van der Waals surface area contributed by atoms with Crippen LogP contribution in [0.25, 0.3) is 0 Å². The number of aryl methyl sites for hydroxylation is 1. The summed E-state index contributed by atoms with van der Waals surface area (Å²) in [6.45, 7) is 8.70. The van der Waals surface area contributed by atoms with E-state index in [2.05, 4.69) is 41.0 Å². The monoisotopic (exact) mass is 250 g/mol. The number of aromatic nitrogens is 2. The van der Waals surface area contributed by atoms with Crippen LogP contribution in [-0.2, 0) is 0 Å². The van der Waals surface area contributed by atoms with Crippen molar-refractivity contribution in [2.24, 2.45) is 0 Å². The minimum Gasteiger partial charge on any atom is -0.357 e. The summed E-state index contributed by atoms with van der Waals surface area (Å²) in [7, 11) is 1.86. The molecule has 0 aliphatic heterocycles. The Kier molecular flexibility index (Phi) is 6.47. The maximum atomic E-state index is 4.60. The summed E-state index contributed by atoms with van der Waals surface area (Å²) in [6.07, 6.45) is 6.75. The lowest BCUT2D eigenvalue weighted by atomic mass is 10.2. The van der Waals surface area contributed by atoms with Gasteiger partial charge in [0.05, 0.1) is 0 Å². The van der Waals surface area contributed by atoms with Crippen LogP contribution in [0.3, 0.4) is 0 Å². The topological polar surface area (TPSA) is 41.1 Å². The second kappa shape index (κ2) is 7.90.